The van der Waals surface area contributed by atoms with E-state index in [1.807, 2.05) is 24.3 Å². The Balaban J connectivity index is 2.00. The number of carbonyl (C=O) groups is 1. The number of rotatable bonds is 3. The molecule has 5 heteroatoms. The highest BCUT2D eigenvalue weighted by Crippen LogP contribution is 2.14. The molecular formula is C13H9Br2NO2. The van der Waals surface area contributed by atoms with Crippen LogP contribution in [0.1, 0.15) is 15.9 Å². The number of pyridine rings is 1. The van der Waals surface area contributed by atoms with Crippen molar-refractivity contribution in [1.82, 2.24) is 4.98 Å². The van der Waals surface area contributed by atoms with E-state index in [1.54, 1.807) is 18.3 Å². The van der Waals surface area contributed by atoms with Gasteiger partial charge in [-0.2, -0.15) is 0 Å². The van der Waals surface area contributed by atoms with Crippen LogP contribution in [-0.2, 0) is 11.3 Å². The van der Waals surface area contributed by atoms with E-state index in [-0.39, 0.29) is 12.6 Å². The molecule has 2 aromatic rings. The number of aromatic nitrogens is 1. The van der Waals surface area contributed by atoms with E-state index in [0.29, 0.717) is 10.2 Å². The number of halogens is 2. The van der Waals surface area contributed by atoms with E-state index in [2.05, 4.69) is 36.8 Å². The van der Waals surface area contributed by atoms with Crippen molar-refractivity contribution in [2.24, 2.45) is 0 Å². The van der Waals surface area contributed by atoms with Gasteiger partial charge in [-0.15, -0.1) is 0 Å². The molecule has 0 aliphatic heterocycles. The van der Waals surface area contributed by atoms with Gasteiger partial charge in [0.2, 0.25) is 0 Å². The van der Waals surface area contributed by atoms with Crippen molar-refractivity contribution >= 4 is 37.8 Å². The lowest BCUT2D eigenvalue weighted by Gasteiger charge is -2.05. The van der Waals surface area contributed by atoms with Crippen LogP contribution in [0.25, 0.3) is 0 Å². The minimum absolute atomic E-state index is 0.248. The van der Waals surface area contributed by atoms with Crippen LogP contribution in [0.4, 0.5) is 0 Å². The van der Waals surface area contributed by atoms with Gasteiger partial charge in [0.25, 0.3) is 0 Å². The minimum atomic E-state index is -0.363. The van der Waals surface area contributed by atoms with Crippen LogP contribution in [0.5, 0.6) is 0 Å². The van der Waals surface area contributed by atoms with Crippen molar-refractivity contribution < 1.29 is 9.53 Å². The SMILES string of the molecule is O=C(OCc1cccc(Br)c1)c1ccnc(Br)c1. The minimum Gasteiger partial charge on any atom is -0.457 e. The Bertz CT molecular complexity index is 572. The Labute approximate surface area is 121 Å². The predicted octanol–water partition coefficient (Wildman–Crippen LogP) is 3.96. The van der Waals surface area contributed by atoms with Gasteiger partial charge in [-0.1, -0.05) is 28.1 Å². The molecule has 1 aromatic heterocycles. The van der Waals surface area contributed by atoms with Gasteiger partial charge in [0, 0.05) is 10.7 Å². The molecule has 0 aliphatic carbocycles. The maximum absolute atomic E-state index is 11.8. The fourth-order valence-corrected chi connectivity index (χ4v) is 2.20. The molecule has 1 aromatic carbocycles. The Kier molecular flexibility index (Phi) is 4.49. The van der Waals surface area contributed by atoms with Gasteiger partial charge < -0.3 is 4.74 Å². The first-order valence-electron chi connectivity index (χ1n) is 5.18. The molecule has 0 saturated heterocycles. The average molecular weight is 371 g/mol. The summed E-state index contributed by atoms with van der Waals surface area (Å²) >= 11 is 6.58. The molecule has 2 rings (SSSR count). The van der Waals surface area contributed by atoms with Crippen molar-refractivity contribution in [3.05, 3.63) is 62.8 Å². The van der Waals surface area contributed by atoms with Crippen molar-refractivity contribution in [2.45, 2.75) is 6.61 Å². The molecule has 1 heterocycles. The van der Waals surface area contributed by atoms with Gasteiger partial charge in [-0.05, 0) is 45.8 Å². The Hall–Kier alpha value is -1.20. The van der Waals surface area contributed by atoms with Crippen LogP contribution in [0, 0.1) is 0 Å². The second kappa shape index (κ2) is 6.11. The standard InChI is InChI=1S/C13H9Br2NO2/c14-11-3-1-2-9(6-11)8-18-13(17)10-4-5-16-12(15)7-10/h1-7H,8H2. The highest BCUT2D eigenvalue weighted by molar-refractivity contribution is 9.10. The molecule has 0 N–H and O–H groups in total. The predicted molar refractivity (Wildman–Crippen MR) is 75.2 cm³/mol. The van der Waals surface area contributed by atoms with Gasteiger partial charge in [0.1, 0.15) is 11.2 Å². The largest absolute Gasteiger partial charge is 0.457 e. The highest BCUT2D eigenvalue weighted by Gasteiger charge is 2.08. The van der Waals surface area contributed by atoms with Crippen molar-refractivity contribution in [1.29, 1.82) is 0 Å². The summed E-state index contributed by atoms with van der Waals surface area (Å²) in [5.41, 5.74) is 1.41. The van der Waals surface area contributed by atoms with Crippen LogP contribution >= 0.6 is 31.9 Å². The van der Waals surface area contributed by atoms with Crippen LogP contribution in [0.2, 0.25) is 0 Å². The second-order valence-corrected chi connectivity index (χ2v) is 5.30. The zero-order valence-electron chi connectivity index (χ0n) is 9.27. The van der Waals surface area contributed by atoms with E-state index < -0.39 is 0 Å². The fourth-order valence-electron chi connectivity index (χ4n) is 1.39. The zero-order chi connectivity index (χ0) is 13.0. The molecule has 0 aliphatic rings. The molecule has 0 radical (unpaired) electrons. The van der Waals surface area contributed by atoms with E-state index in [1.165, 1.54) is 0 Å². The summed E-state index contributed by atoms with van der Waals surface area (Å²) in [5.74, 6) is -0.363. The number of hydrogen-bond donors (Lipinski definition) is 0. The van der Waals surface area contributed by atoms with Gasteiger partial charge in [0.15, 0.2) is 0 Å². The molecule has 0 spiro atoms. The van der Waals surface area contributed by atoms with Crippen molar-refractivity contribution in [2.75, 3.05) is 0 Å². The molecular weight excluding hydrogens is 362 g/mol. The smallest absolute Gasteiger partial charge is 0.338 e. The summed E-state index contributed by atoms with van der Waals surface area (Å²) in [5, 5.41) is 0. The summed E-state index contributed by atoms with van der Waals surface area (Å²) < 4.78 is 6.79. The van der Waals surface area contributed by atoms with Gasteiger partial charge in [-0.3, -0.25) is 0 Å². The number of ether oxygens (including phenoxy) is 1. The average Bonchev–Trinajstić information content (AvgIpc) is 2.36. The van der Waals surface area contributed by atoms with E-state index in [4.69, 9.17) is 4.74 Å². The number of benzene rings is 1. The molecule has 3 nitrogen and oxygen atoms in total. The number of carbonyl (C=O) groups excluding carboxylic acids is 1. The lowest BCUT2D eigenvalue weighted by Crippen LogP contribution is -2.05. The highest BCUT2D eigenvalue weighted by atomic mass is 79.9. The third kappa shape index (κ3) is 3.65. The van der Waals surface area contributed by atoms with Crippen LogP contribution in [0.15, 0.2) is 51.7 Å². The normalized spacial score (nSPS) is 10.1. The molecule has 0 saturated carbocycles. The topological polar surface area (TPSA) is 39.2 Å². The summed E-state index contributed by atoms with van der Waals surface area (Å²) in [6, 6.07) is 10.9. The van der Waals surface area contributed by atoms with Gasteiger partial charge in [0.05, 0.1) is 5.56 Å². The molecule has 0 fully saturated rings. The summed E-state index contributed by atoms with van der Waals surface area (Å²) in [7, 11) is 0. The summed E-state index contributed by atoms with van der Waals surface area (Å²) in [6.45, 7) is 0.248. The number of hydrogen-bond acceptors (Lipinski definition) is 3. The second-order valence-electron chi connectivity index (χ2n) is 3.57. The van der Waals surface area contributed by atoms with Gasteiger partial charge in [-0.25, -0.2) is 9.78 Å². The lowest BCUT2D eigenvalue weighted by atomic mass is 10.2. The van der Waals surface area contributed by atoms with Crippen molar-refractivity contribution in [3.8, 4) is 0 Å². The quantitative estimate of drug-likeness (QED) is 0.606. The molecule has 0 bridgehead atoms. The van der Waals surface area contributed by atoms with Crippen LogP contribution in [0.3, 0.4) is 0 Å². The van der Waals surface area contributed by atoms with E-state index in [9.17, 15) is 4.79 Å². The number of esters is 1. The maximum atomic E-state index is 11.8. The van der Waals surface area contributed by atoms with Crippen LogP contribution in [-0.4, -0.2) is 11.0 Å². The lowest BCUT2D eigenvalue weighted by molar-refractivity contribution is 0.0472. The van der Waals surface area contributed by atoms with E-state index in [0.717, 1.165) is 10.0 Å². The summed E-state index contributed by atoms with van der Waals surface area (Å²) in [6.07, 6.45) is 1.56. The molecule has 0 atom stereocenters. The first-order valence-corrected chi connectivity index (χ1v) is 6.77. The molecule has 18 heavy (non-hydrogen) atoms. The fraction of sp³-hybridized carbons (Fsp3) is 0.0769. The monoisotopic (exact) mass is 369 g/mol. The third-order valence-corrected chi connectivity index (χ3v) is 3.15. The Morgan fingerprint density at radius 2 is 2.06 bits per heavy atom. The van der Waals surface area contributed by atoms with Crippen molar-refractivity contribution in [3.63, 3.8) is 0 Å². The van der Waals surface area contributed by atoms with Gasteiger partial charge >= 0.3 is 5.97 Å². The first kappa shape index (κ1) is 13.2. The van der Waals surface area contributed by atoms with Crippen LogP contribution < -0.4 is 0 Å². The Morgan fingerprint density at radius 1 is 1.22 bits per heavy atom. The molecule has 0 amide bonds. The summed E-state index contributed by atoms with van der Waals surface area (Å²) in [4.78, 5) is 15.7. The number of nitrogens with zero attached hydrogens (tertiary/aromatic N) is 1. The zero-order valence-corrected chi connectivity index (χ0v) is 12.4. The Morgan fingerprint density at radius 3 is 2.78 bits per heavy atom. The first-order chi connectivity index (χ1) is 8.65. The maximum Gasteiger partial charge on any atom is 0.338 e. The third-order valence-electron chi connectivity index (χ3n) is 2.22. The molecule has 92 valence electrons. The van der Waals surface area contributed by atoms with E-state index >= 15 is 0 Å². The molecule has 0 unspecified atom stereocenters.